The highest BCUT2D eigenvalue weighted by atomic mass is 32.2. The summed E-state index contributed by atoms with van der Waals surface area (Å²) in [6.45, 7) is 5.11. The Kier molecular flexibility index (Phi) is 4.20. The number of nitrogens with zero attached hydrogens (tertiary/aromatic N) is 4. The summed E-state index contributed by atoms with van der Waals surface area (Å²) >= 11 is 0. The van der Waals surface area contributed by atoms with Gasteiger partial charge in [-0.15, -0.1) is 0 Å². The number of sulfone groups is 1. The van der Waals surface area contributed by atoms with Crippen molar-refractivity contribution >= 4 is 15.7 Å². The first-order valence-corrected chi connectivity index (χ1v) is 9.67. The summed E-state index contributed by atoms with van der Waals surface area (Å²) in [5.74, 6) is -0.0502. The number of nitrogens with one attached hydrogen (secondary N) is 1. The molecule has 0 spiro atoms. The summed E-state index contributed by atoms with van der Waals surface area (Å²) in [5, 5.41) is 11.0. The number of aromatic nitrogens is 4. The summed E-state index contributed by atoms with van der Waals surface area (Å²) < 4.78 is 25.3. The van der Waals surface area contributed by atoms with Gasteiger partial charge in [-0.1, -0.05) is 0 Å². The molecule has 2 aromatic rings. The Morgan fingerprint density at radius 2 is 2.17 bits per heavy atom. The minimum atomic E-state index is -3.33. The highest BCUT2D eigenvalue weighted by Crippen LogP contribution is 2.30. The second kappa shape index (κ2) is 6.04. The fourth-order valence-electron chi connectivity index (χ4n) is 3.16. The molecule has 9 heteroatoms. The first-order valence-electron chi connectivity index (χ1n) is 7.78. The lowest BCUT2D eigenvalue weighted by atomic mass is 10.1. The van der Waals surface area contributed by atoms with Crippen molar-refractivity contribution < 1.29 is 13.2 Å². The smallest absolute Gasteiger partial charge is 0.244 e. The maximum absolute atomic E-state index is 12.5. The molecule has 0 aromatic carbocycles. The van der Waals surface area contributed by atoms with Crippen molar-refractivity contribution in [2.45, 2.75) is 37.6 Å². The Labute approximate surface area is 140 Å². The summed E-state index contributed by atoms with van der Waals surface area (Å²) in [6, 6.07) is 1.93. The SMILES string of the molecule is Cc1cc(C)n(CC(=O)N2CCC(c3[nH]ncc3S(C)(=O)=O)C2)n1. The molecule has 1 unspecified atom stereocenters. The molecule has 0 bridgehead atoms. The van der Waals surface area contributed by atoms with E-state index < -0.39 is 9.84 Å². The van der Waals surface area contributed by atoms with Gasteiger partial charge in [0.15, 0.2) is 9.84 Å². The number of carbonyl (C=O) groups excluding carboxylic acids is 1. The van der Waals surface area contributed by atoms with Crippen LogP contribution in [0.3, 0.4) is 0 Å². The number of aryl methyl sites for hydroxylation is 2. The Morgan fingerprint density at radius 1 is 1.42 bits per heavy atom. The molecule has 1 atom stereocenters. The van der Waals surface area contributed by atoms with E-state index in [9.17, 15) is 13.2 Å². The number of aromatic amines is 1. The third kappa shape index (κ3) is 3.21. The first-order chi connectivity index (χ1) is 11.3. The number of hydrogen-bond acceptors (Lipinski definition) is 5. The maximum atomic E-state index is 12.5. The summed E-state index contributed by atoms with van der Waals surface area (Å²) in [5.41, 5.74) is 2.43. The quantitative estimate of drug-likeness (QED) is 0.871. The molecule has 1 amide bonds. The molecule has 0 saturated carbocycles. The molecule has 0 radical (unpaired) electrons. The third-order valence-corrected chi connectivity index (χ3v) is 5.49. The molecule has 24 heavy (non-hydrogen) atoms. The number of likely N-dealkylation sites (tertiary alicyclic amines) is 1. The summed E-state index contributed by atoms with van der Waals surface area (Å²) in [7, 11) is -3.33. The zero-order valence-electron chi connectivity index (χ0n) is 14.0. The third-order valence-electron chi connectivity index (χ3n) is 4.37. The van der Waals surface area contributed by atoms with Gasteiger partial charge in [-0.05, 0) is 26.3 Å². The summed E-state index contributed by atoms with van der Waals surface area (Å²) in [6.07, 6.45) is 3.22. The molecule has 2 aromatic heterocycles. The lowest BCUT2D eigenvalue weighted by Gasteiger charge is -2.17. The highest BCUT2D eigenvalue weighted by Gasteiger charge is 2.32. The number of hydrogen-bond donors (Lipinski definition) is 1. The first kappa shape index (κ1) is 16.7. The van der Waals surface area contributed by atoms with Gasteiger partial charge in [-0.2, -0.15) is 10.2 Å². The van der Waals surface area contributed by atoms with E-state index in [1.54, 1.807) is 9.58 Å². The second-order valence-corrected chi connectivity index (χ2v) is 8.31. The number of H-pyrrole nitrogens is 1. The Morgan fingerprint density at radius 3 is 2.79 bits per heavy atom. The van der Waals surface area contributed by atoms with Crippen molar-refractivity contribution in [2.75, 3.05) is 19.3 Å². The zero-order valence-corrected chi connectivity index (χ0v) is 14.8. The number of carbonyl (C=O) groups is 1. The molecular weight excluding hydrogens is 330 g/mol. The van der Waals surface area contributed by atoms with Gasteiger partial charge in [-0.3, -0.25) is 14.6 Å². The van der Waals surface area contributed by atoms with Crippen LogP contribution in [0.2, 0.25) is 0 Å². The molecule has 1 fully saturated rings. The second-order valence-electron chi connectivity index (χ2n) is 6.33. The standard InChI is InChI=1S/C15H21N5O3S/c1-10-6-11(2)20(18-10)9-14(21)19-5-4-12(8-19)15-13(7-16-17-15)24(3,22)23/h6-7,12H,4-5,8-9H2,1-3H3,(H,16,17). The van der Waals surface area contributed by atoms with Crippen molar-refractivity contribution in [3.63, 3.8) is 0 Å². The van der Waals surface area contributed by atoms with Crippen LogP contribution in [0.5, 0.6) is 0 Å². The van der Waals surface area contributed by atoms with E-state index in [1.165, 1.54) is 12.5 Å². The average Bonchev–Trinajstić information content (AvgIpc) is 3.18. The van der Waals surface area contributed by atoms with Gasteiger partial charge in [0.2, 0.25) is 5.91 Å². The van der Waals surface area contributed by atoms with E-state index in [2.05, 4.69) is 15.3 Å². The van der Waals surface area contributed by atoms with Crippen LogP contribution in [-0.4, -0.2) is 58.5 Å². The minimum absolute atomic E-state index is 0.0101. The van der Waals surface area contributed by atoms with Gasteiger partial charge in [0, 0.05) is 31.0 Å². The number of rotatable bonds is 4. The molecule has 1 aliphatic heterocycles. The molecule has 1 saturated heterocycles. The van der Waals surface area contributed by atoms with E-state index in [0.717, 1.165) is 11.4 Å². The minimum Gasteiger partial charge on any atom is -0.340 e. The van der Waals surface area contributed by atoms with E-state index in [1.807, 2.05) is 19.9 Å². The average molecular weight is 351 g/mol. The van der Waals surface area contributed by atoms with Gasteiger partial charge in [0.25, 0.3) is 0 Å². The van der Waals surface area contributed by atoms with E-state index >= 15 is 0 Å². The summed E-state index contributed by atoms with van der Waals surface area (Å²) in [4.78, 5) is 14.5. The van der Waals surface area contributed by atoms with Crippen LogP contribution in [0.15, 0.2) is 17.2 Å². The lowest BCUT2D eigenvalue weighted by molar-refractivity contribution is -0.131. The molecule has 1 aliphatic rings. The van der Waals surface area contributed by atoms with Crippen LogP contribution < -0.4 is 0 Å². The Hall–Kier alpha value is -2.16. The van der Waals surface area contributed by atoms with E-state index in [-0.39, 0.29) is 23.3 Å². The van der Waals surface area contributed by atoms with Crippen LogP contribution >= 0.6 is 0 Å². The predicted molar refractivity (Wildman–Crippen MR) is 87.3 cm³/mol. The molecule has 3 heterocycles. The van der Waals surface area contributed by atoms with Crippen molar-refractivity contribution in [1.29, 1.82) is 0 Å². The largest absolute Gasteiger partial charge is 0.340 e. The monoisotopic (exact) mass is 351 g/mol. The van der Waals surface area contributed by atoms with Crippen molar-refractivity contribution in [3.8, 4) is 0 Å². The van der Waals surface area contributed by atoms with Gasteiger partial charge in [0.05, 0.1) is 17.6 Å². The molecule has 8 nitrogen and oxygen atoms in total. The maximum Gasteiger partial charge on any atom is 0.244 e. The normalized spacial score (nSPS) is 18.3. The van der Waals surface area contributed by atoms with E-state index in [0.29, 0.717) is 25.2 Å². The van der Waals surface area contributed by atoms with Crippen LogP contribution in [0.25, 0.3) is 0 Å². The zero-order chi connectivity index (χ0) is 17.5. The molecule has 1 N–H and O–H groups in total. The van der Waals surface area contributed by atoms with Gasteiger partial charge in [-0.25, -0.2) is 8.42 Å². The topological polar surface area (TPSA) is 101 Å². The molecular formula is C15H21N5O3S. The van der Waals surface area contributed by atoms with Gasteiger partial charge >= 0.3 is 0 Å². The Bertz CT molecular complexity index is 868. The van der Waals surface area contributed by atoms with Gasteiger partial charge < -0.3 is 4.90 Å². The lowest BCUT2D eigenvalue weighted by Crippen LogP contribution is -2.32. The highest BCUT2D eigenvalue weighted by molar-refractivity contribution is 7.90. The van der Waals surface area contributed by atoms with Crippen LogP contribution in [-0.2, 0) is 21.2 Å². The van der Waals surface area contributed by atoms with Crippen LogP contribution in [0.1, 0.15) is 29.4 Å². The molecule has 3 rings (SSSR count). The molecule has 0 aliphatic carbocycles. The van der Waals surface area contributed by atoms with Gasteiger partial charge in [0.1, 0.15) is 11.4 Å². The fraction of sp³-hybridized carbons (Fsp3) is 0.533. The fourth-order valence-corrected chi connectivity index (χ4v) is 4.01. The van der Waals surface area contributed by atoms with Crippen LogP contribution in [0.4, 0.5) is 0 Å². The van der Waals surface area contributed by atoms with Crippen molar-refractivity contribution in [1.82, 2.24) is 24.9 Å². The Balaban J connectivity index is 1.71. The van der Waals surface area contributed by atoms with Crippen molar-refractivity contribution in [2.24, 2.45) is 0 Å². The van der Waals surface area contributed by atoms with Crippen molar-refractivity contribution in [3.05, 3.63) is 29.3 Å². The predicted octanol–water partition coefficient (Wildman–Crippen LogP) is 0.643. The van der Waals surface area contributed by atoms with Crippen LogP contribution in [0, 0.1) is 13.8 Å². The molecule has 130 valence electrons. The van der Waals surface area contributed by atoms with E-state index in [4.69, 9.17) is 0 Å². The number of amides is 1.